The topological polar surface area (TPSA) is 68.3 Å². The molecule has 7 heteroatoms. The van der Waals surface area contributed by atoms with Crippen LogP contribution in [0.5, 0.6) is 0 Å². The summed E-state index contributed by atoms with van der Waals surface area (Å²) in [5.41, 5.74) is 2.18. The Morgan fingerprint density at radius 3 is 2.09 bits per heavy atom. The van der Waals surface area contributed by atoms with Crippen LogP contribution >= 0.6 is 0 Å². The lowest BCUT2D eigenvalue weighted by atomic mass is 9.99. The van der Waals surface area contributed by atoms with Crippen molar-refractivity contribution < 1.29 is 23.9 Å². The fraction of sp³-hybridized carbons (Fsp3) is 0.462. The van der Waals surface area contributed by atoms with Gasteiger partial charge in [-0.25, -0.2) is 4.79 Å². The van der Waals surface area contributed by atoms with Gasteiger partial charge in [-0.15, -0.1) is 0 Å². The fourth-order valence-electron chi connectivity index (χ4n) is 4.58. The second-order valence-electron chi connectivity index (χ2n) is 9.14. The molecule has 0 unspecified atom stereocenters. The van der Waals surface area contributed by atoms with Crippen LogP contribution in [0.25, 0.3) is 0 Å². The molecule has 176 valence electrons. The van der Waals surface area contributed by atoms with E-state index in [-0.39, 0.29) is 18.2 Å². The van der Waals surface area contributed by atoms with E-state index < -0.39 is 30.1 Å². The molecule has 7 nitrogen and oxygen atoms in total. The predicted molar refractivity (Wildman–Crippen MR) is 122 cm³/mol. The molecule has 2 fully saturated rings. The first-order valence-electron chi connectivity index (χ1n) is 11.5. The van der Waals surface area contributed by atoms with Gasteiger partial charge < -0.3 is 9.47 Å². The first-order valence-corrected chi connectivity index (χ1v) is 11.5. The van der Waals surface area contributed by atoms with Crippen LogP contribution in [0, 0.1) is 5.92 Å². The molecule has 2 saturated heterocycles. The van der Waals surface area contributed by atoms with E-state index in [9.17, 15) is 9.59 Å². The van der Waals surface area contributed by atoms with E-state index in [2.05, 4.69) is 17.0 Å². The van der Waals surface area contributed by atoms with Crippen molar-refractivity contribution in [1.82, 2.24) is 9.96 Å². The first kappa shape index (κ1) is 23.4. The Kier molecular flexibility index (Phi) is 7.12. The molecule has 0 aromatic heterocycles. The summed E-state index contributed by atoms with van der Waals surface area (Å²) < 4.78 is 11.0. The molecule has 0 saturated carbocycles. The molecule has 0 radical (unpaired) electrons. The first-order chi connectivity index (χ1) is 15.8. The summed E-state index contributed by atoms with van der Waals surface area (Å²) in [6.45, 7) is 8.44. The quantitative estimate of drug-likeness (QED) is 0.593. The summed E-state index contributed by atoms with van der Waals surface area (Å²) in [6.07, 6.45) is -2.13. The number of nitrogens with zero attached hydrogens (tertiary/aromatic N) is 2. The zero-order valence-corrected chi connectivity index (χ0v) is 19.6. The molecule has 2 heterocycles. The minimum Gasteiger partial charge on any atom is -0.463 e. The van der Waals surface area contributed by atoms with Crippen LogP contribution in [0.1, 0.15) is 44.9 Å². The van der Waals surface area contributed by atoms with Crippen LogP contribution in [0.4, 0.5) is 0 Å². The van der Waals surface area contributed by atoms with Gasteiger partial charge in [-0.05, 0) is 38.8 Å². The Labute approximate surface area is 195 Å². The smallest absolute Gasteiger partial charge is 0.338 e. The Bertz CT molecular complexity index is 950. The summed E-state index contributed by atoms with van der Waals surface area (Å²) in [5, 5.41) is 1.80. The summed E-state index contributed by atoms with van der Waals surface area (Å²) in [5.74, 6) is -1.82. The predicted octanol–water partition coefficient (Wildman–Crippen LogP) is 3.70. The van der Waals surface area contributed by atoms with Crippen LogP contribution in [0.3, 0.4) is 0 Å². The van der Waals surface area contributed by atoms with E-state index >= 15 is 0 Å². The molecule has 2 aliphatic heterocycles. The molecule has 2 aromatic carbocycles. The number of carbonyl (C=O) groups is 2. The van der Waals surface area contributed by atoms with Gasteiger partial charge in [0.15, 0.2) is 6.10 Å². The van der Waals surface area contributed by atoms with Gasteiger partial charge >= 0.3 is 11.9 Å². The fourth-order valence-corrected chi connectivity index (χ4v) is 4.58. The standard InChI is InChI=1S/C26H32N2O5/c1-17(2)31-25(29)22-23(26(30)32-18(3)4)33-28-21(20-13-9-6-10-14-20)16-27(24(22)28)15-19-11-7-5-8-12-19/h5-14,17-18,21-24H,15-16H2,1-4H3/t21-,22+,23+,24+/m1/s1. The number of benzene rings is 2. The lowest BCUT2D eigenvalue weighted by molar-refractivity contribution is -0.201. The molecule has 0 spiro atoms. The molecule has 0 N–H and O–H groups in total. The van der Waals surface area contributed by atoms with E-state index in [4.69, 9.17) is 14.3 Å². The number of hydrogen-bond acceptors (Lipinski definition) is 7. The lowest BCUT2D eigenvalue weighted by Crippen LogP contribution is -2.46. The molecule has 0 bridgehead atoms. The number of ether oxygens (including phenoxy) is 2. The normalized spacial score (nSPS) is 25.4. The van der Waals surface area contributed by atoms with Gasteiger partial charge in [-0.3, -0.25) is 14.5 Å². The van der Waals surface area contributed by atoms with Crippen molar-refractivity contribution in [2.45, 2.75) is 64.8 Å². The maximum Gasteiger partial charge on any atom is 0.338 e. The number of esters is 2. The van der Waals surface area contributed by atoms with Crippen molar-refractivity contribution in [3.05, 3.63) is 71.8 Å². The Hall–Kier alpha value is -2.74. The third-order valence-corrected chi connectivity index (χ3v) is 5.85. The molecular formula is C26H32N2O5. The number of hydrogen-bond donors (Lipinski definition) is 0. The Morgan fingerprint density at radius 1 is 0.909 bits per heavy atom. The van der Waals surface area contributed by atoms with E-state index in [1.807, 2.05) is 48.5 Å². The average molecular weight is 453 g/mol. The summed E-state index contributed by atoms with van der Waals surface area (Å²) in [6, 6.07) is 20.0. The van der Waals surface area contributed by atoms with Crippen molar-refractivity contribution >= 4 is 11.9 Å². The molecule has 4 rings (SSSR count). The van der Waals surface area contributed by atoms with Crippen LogP contribution in [0.15, 0.2) is 60.7 Å². The van der Waals surface area contributed by atoms with E-state index in [1.54, 1.807) is 32.8 Å². The van der Waals surface area contributed by atoms with Crippen LogP contribution in [-0.2, 0) is 30.4 Å². The van der Waals surface area contributed by atoms with Gasteiger partial charge in [0, 0.05) is 13.1 Å². The highest BCUT2D eigenvalue weighted by molar-refractivity contribution is 5.85. The van der Waals surface area contributed by atoms with Crippen molar-refractivity contribution in [2.75, 3.05) is 6.54 Å². The second-order valence-corrected chi connectivity index (χ2v) is 9.14. The summed E-state index contributed by atoms with van der Waals surface area (Å²) in [4.78, 5) is 34.7. The number of rotatable bonds is 7. The van der Waals surface area contributed by atoms with Gasteiger partial charge in [0.25, 0.3) is 0 Å². The largest absolute Gasteiger partial charge is 0.463 e. The van der Waals surface area contributed by atoms with Crippen molar-refractivity contribution in [2.24, 2.45) is 5.92 Å². The number of hydroxylamine groups is 2. The third-order valence-electron chi connectivity index (χ3n) is 5.85. The van der Waals surface area contributed by atoms with Crippen molar-refractivity contribution in [1.29, 1.82) is 0 Å². The average Bonchev–Trinajstić information content (AvgIpc) is 3.32. The molecule has 0 aliphatic carbocycles. The Balaban J connectivity index is 1.71. The lowest BCUT2D eigenvalue weighted by Gasteiger charge is -2.28. The highest BCUT2D eigenvalue weighted by Gasteiger charge is 2.60. The van der Waals surface area contributed by atoms with Crippen molar-refractivity contribution in [3.63, 3.8) is 0 Å². The van der Waals surface area contributed by atoms with E-state index in [0.29, 0.717) is 13.1 Å². The molecular weight excluding hydrogens is 420 g/mol. The molecule has 4 atom stereocenters. The number of carbonyl (C=O) groups excluding carboxylic acids is 2. The molecule has 2 aromatic rings. The molecule has 0 amide bonds. The van der Waals surface area contributed by atoms with Crippen LogP contribution in [0.2, 0.25) is 0 Å². The van der Waals surface area contributed by atoms with Gasteiger partial charge in [0.2, 0.25) is 0 Å². The van der Waals surface area contributed by atoms with Gasteiger partial charge in [-0.1, -0.05) is 60.7 Å². The maximum atomic E-state index is 13.3. The van der Waals surface area contributed by atoms with Crippen LogP contribution < -0.4 is 0 Å². The Morgan fingerprint density at radius 2 is 1.48 bits per heavy atom. The second kappa shape index (κ2) is 10.0. The summed E-state index contributed by atoms with van der Waals surface area (Å²) in [7, 11) is 0. The van der Waals surface area contributed by atoms with Crippen molar-refractivity contribution in [3.8, 4) is 0 Å². The minimum absolute atomic E-state index is 0.133. The zero-order valence-electron chi connectivity index (χ0n) is 19.6. The van der Waals surface area contributed by atoms with Gasteiger partial charge in [-0.2, -0.15) is 5.06 Å². The SMILES string of the molecule is CC(C)OC(=O)[C@H]1[C@@H](C(=O)OC(C)C)ON2[C@@H](c3ccccc3)CN(Cc3ccccc3)[C@H]12. The van der Waals surface area contributed by atoms with Gasteiger partial charge in [0.05, 0.1) is 18.2 Å². The third kappa shape index (κ3) is 5.11. The zero-order chi connectivity index (χ0) is 23.5. The summed E-state index contributed by atoms with van der Waals surface area (Å²) >= 11 is 0. The van der Waals surface area contributed by atoms with E-state index in [1.165, 1.54) is 0 Å². The molecule has 2 aliphatic rings. The highest BCUT2D eigenvalue weighted by Crippen LogP contribution is 2.44. The van der Waals surface area contributed by atoms with E-state index in [0.717, 1.165) is 11.1 Å². The highest BCUT2D eigenvalue weighted by atomic mass is 16.7. The minimum atomic E-state index is -1.06. The van der Waals surface area contributed by atoms with Crippen LogP contribution in [-0.4, -0.2) is 52.9 Å². The maximum absolute atomic E-state index is 13.3. The monoisotopic (exact) mass is 452 g/mol. The number of fused-ring (bicyclic) bond motifs is 1. The van der Waals surface area contributed by atoms with Gasteiger partial charge in [0.1, 0.15) is 12.1 Å². The molecule has 33 heavy (non-hydrogen) atoms.